The Labute approximate surface area is 132 Å². The third kappa shape index (κ3) is 1.52. The van der Waals surface area contributed by atoms with Crippen molar-refractivity contribution in [2.45, 2.75) is 24.9 Å². The van der Waals surface area contributed by atoms with Gasteiger partial charge in [-0.1, -0.05) is 48.5 Å². The molecule has 3 atom stereocenters. The Bertz CT molecular complexity index is 712. The van der Waals surface area contributed by atoms with Crippen LogP contribution < -0.4 is 0 Å². The fourth-order valence-corrected chi connectivity index (χ4v) is 4.90. The summed E-state index contributed by atoms with van der Waals surface area (Å²) in [5.41, 5.74) is 6.06. The Morgan fingerprint density at radius 1 is 1.09 bits per heavy atom. The second-order valence-corrected chi connectivity index (χ2v) is 7.02. The molecule has 2 heterocycles. The van der Waals surface area contributed by atoms with Crippen LogP contribution >= 0.6 is 0 Å². The minimum atomic E-state index is 0.0225. The van der Waals surface area contributed by atoms with E-state index in [4.69, 9.17) is 4.74 Å². The summed E-state index contributed by atoms with van der Waals surface area (Å²) < 4.78 is 6.48. The quantitative estimate of drug-likeness (QED) is 0.785. The van der Waals surface area contributed by atoms with E-state index in [1.54, 1.807) is 7.11 Å². The number of hydrogen-bond acceptors (Lipinski definition) is 1. The minimum Gasteiger partial charge on any atom is -0.379 e. The zero-order valence-electron chi connectivity index (χ0n) is 13.7. The fraction of sp³-hybridized carbons (Fsp3) is 0.400. The van der Waals surface area contributed by atoms with Gasteiger partial charge in [-0.15, -0.1) is 0 Å². The first-order chi connectivity index (χ1) is 10.6. The van der Waals surface area contributed by atoms with Gasteiger partial charge in [0.1, 0.15) is 18.1 Å². The summed E-state index contributed by atoms with van der Waals surface area (Å²) in [6.45, 7) is 4.28. The van der Waals surface area contributed by atoms with Crippen LogP contribution in [0.2, 0.25) is 0 Å². The van der Waals surface area contributed by atoms with Crippen LogP contribution in [0.1, 0.15) is 35.2 Å². The van der Waals surface area contributed by atoms with Crippen LogP contribution in [0.5, 0.6) is 0 Å². The standard InChI is InChI=1S/C20H24NO/c1-20-17-10-6-4-8-15(17)14-19(21(20,2)12-13-22-3)16-9-5-7-11-18(16)20/h4-11,19H,12-14H2,1-3H3/q+1/t19-,20+,21-/m1/s1. The fourth-order valence-electron chi connectivity index (χ4n) is 4.90. The average Bonchev–Trinajstić information content (AvgIpc) is 2.67. The topological polar surface area (TPSA) is 9.23 Å². The summed E-state index contributed by atoms with van der Waals surface area (Å²) in [4.78, 5) is 0. The molecule has 0 saturated carbocycles. The normalized spacial score (nSPS) is 31.7. The average molecular weight is 294 g/mol. The molecule has 2 aliphatic heterocycles. The first kappa shape index (κ1) is 14.0. The molecule has 2 aromatic carbocycles. The molecule has 22 heavy (non-hydrogen) atoms. The van der Waals surface area contributed by atoms with E-state index in [2.05, 4.69) is 62.5 Å². The molecule has 0 aromatic heterocycles. The molecule has 0 aliphatic carbocycles. The molecule has 2 aromatic rings. The molecule has 0 spiro atoms. The highest BCUT2D eigenvalue weighted by Crippen LogP contribution is 2.59. The lowest BCUT2D eigenvalue weighted by molar-refractivity contribution is -0.981. The van der Waals surface area contributed by atoms with Gasteiger partial charge in [0.2, 0.25) is 0 Å². The predicted octanol–water partition coefficient (Wildman–Crippen LogP) is 3.65. The summed E-state index contributed by atoms with van der Waals surface area (Å²) in [6.07, 6.45) is 1.13. The summed E-state index contributed by atoms with van der Waals surface area (Å²) in [5, 5.41) is 0. The van der Waals surface area contributed by atoms with Crippen LogP contribution in [0, 0.1) is 0 Å². The summed E-state index contributed by atoms with van der Waals surface area (Å²) >= 11 is 0. The van der Waals surface area contributed by atoms with Gasteiger partial charge >= 0.3 is 0 Å². The molecule has 2 nitrogen and oxygen atoms in total. The molecule has 2 aliphatic rings. The van der Waals surface area contributed by atoms with E-state index < -0.39 is 0 Å². The van der Waals surface area contributed by atoms with Crippen LogP contribution in [0.4, 0.5) is 0 Å². The van der Waals surface area contributed by atoms with E-state index >= 15 is 0 Å². The van der Waals surface area contributed by atoms with E-state index in [1.165, 1.54) is 22.3 Å². The zero-order valence-corrected chi connectivity index (χ0v) is 13.7. The lowest BCUT2D eigenvalue weighted by Gasteiger charge is -2.52. The van der Waals surface area contributed by atoms with Crippen molar-refractivity contribution in [1.29, 1.82) is 0 Å². The van der Waals surface area contributed by atoms with Gasteiger partial charge in [-0.2, -0.15) is 0 Å². The summed E-state index contributed by atoms with van der Waals surface area (Å²) in [7, 11) is 4.22. The van der Waals surface area contributed by atoms with E-state index in [9.17, 15) is 0 Å². The number of rotatable bonds is 3. The third-order valence-electron chi connectivity index (χ3n) is 6.27. The van der Waals surface area contributed by atoms with Gasteiger partial charge in [-0.25, -0.2) is 0 Å². The Morgan fingerprint density at radius 3 is 2.55 bits per heavy atom. The Balaban J connectivity index is 1.99. The van der Waals surface area contributed by atoms with Gasteiger partial charge in [0.05, 0.1) is 13.7 Å². The summed E-state index contributed by atoms with van der Waals surface area (Å²) in [5.74, 6) is 0. The Hall–Kier alpha value is -1.64. The molecule has 0 saturated heterocycles. The maximum absolute atomic E-state index is 5.45. The number of likely N-dealkylation sites (N-methyl/N-ethyl adjacent to an activating group) is 1. The highest BCUT2D eigenvalue weighted by Gasteiger charge is 2.61. The van der Waals surface area contributed by atoms with E-state index in [1.807, 2.05) is 0 Å². The number of fused-ring (bicyclic) bond motifs is 7. The lowest BCUT2D eigenvalue weighted by atomic mass is 9.79. The van der Waals surface area contributed by atoms with Gasteiger partial charge in [0.25, 0.3) is 0 Å². The van der Waals surface area contributed by atoms with Crippen LogP contribution in [0.25, 0.3) is 0 Å². The Kier molecular flexibility index (Phi) is 2.97. The molecule has 0 fully saturated rings. The van der Waals surface area contributed by atoms with Crippen molar-refractivity contribution < 1.29 is 9.22 Å². The van der Waals surface area contributed by atoms with Crippen LogP contribution in [0.3, 0.4) is 0 Å². The van der Waals surface area contributed by atoms with Crippen LogP contribution in [-0.2, 0) is 16.7 Å². The van der Waals surface area contributed by atoms with E-state index in [0.29, 0.717) is 6.04 Å². The number of hydrogen-bond donors (Lipinski definition) is 0. The van der Waals surface area contributed by atoms with E-state index in [0.717, 1.165) is 24.1 Å². The van der Waals surface area contributed by atoms with Crippen LogP contribution in [-0.4, -0.2) is 31.8 Å². The van der Waals surface area contributed by atoms with Gasteiger partial charge < -0.3 is 9.22 Å². The molecular weight excluding hydrogens is 270 g/mol. The van der Waals surface area contributed by atoms with E-state index in [-0.39, 0.29) is 5.54 Å². The first-order valence-corrected chi connectivity index (χ1v) is 8.15. The van der Waals surface area contributed by atoms with Gasteiger partial charge in [0, 0.05) is 30.2 Å². The third-order valence-corrected chi connectivity index (χ3v) is 6.27. The highest BCUT2D eigenvalue weighted by molar-refractivity contribution is 5.51. The number of nitrogens with zero attached hydrogens (tertiary/aromatic N) is 1. The number of methoxy groups -OCH3 is 1. The van der Waals surface area contributed by atoms with Crippen molar-refractivity contribution in [3.8, 4) is 0 Å². The van der Waals surface area contributed by atoms with Crippen molar-refractivity contribution in [1.82, 2.24) is 0 Å². The van der Waals surface area contributed by atoms with Crippen molar-refractivity contribution in [2.75, 3.05) is 27.3 Å². The SMILES string of the molecule is COCC[N@+]1(C)[C@@H]2Cc3ccccc3[C@@]1(C)c1ccccc12. The summed E-state index contributed by atoms with van der Waals surface area (Å²) in [6, 6.07) is 18.6. The highest BCUT2D eigenvalue weighted by atomic mass is 16.5. The Morgan fingerprint density at radius 2 is 1.77 bits per heavy atom. The molecular formula is C20H24NO+. The smallest absolute Gasteiger partial charge is 0.149 e. The maximum Gasteiger partial charge on any atom is 0.149 e. The van der Waals surface area contributed by atoms with Crippen molar-refractivity contribution in [3.63, 3.8) is 0 Å². The van der Waals surface area contributed by atoms with Gasteiger partial charge in [-0.05, 0) is 12.5 Å². The molecule has 0 unspecified atom stereocenters. The second kappa shape index (κ2) is 4.68. The van der Waals surface area contributed by atoms with Crippen molar-refractivity contribution in [2.24, 2.45) is 0 Å². The number of ether oxygens (including phenoxy) is 1. The van der Waals surface area contributed by atoms with Gasteiger partial charge in [0.15, 0.2) is 0 Å². The number of benzene rings is 2. The predicted molar refractivity (Wildman–Crippen MR) is 88.7 cm³/mol. The van der Waals surface area contributed by atoms with Crippen molar-refractivity contribution in [3.05, 3.63) is 70.8 Å². The largest absolute Gasteiger partial charge is 0.379 e. The second-order valence-electron chi connectivity index (χ2n) is 7.02. The maximum atomic E-state index is 5.45. The molecule has 2 bridgehead atoms. The first-order valence-electron chi connectivity index (χ1n) is 8.15. The molecule has 2 heteroatoms. The lowest BCUT2D eigenvalue weighted by Crippen LogP contribution is -2.60. The van der Waals surface area contributed by atoms with Crippen molar-refractivity contribution >= 4 is 0 Å². The monoisotopic (exact) mass is 294 g/mol. The van der Waals surface area contributed by atoms with Gasteiger partial charge in [-0.3, -0.25) is 0 Å². The molecule has 114 valence electrons. The zero-order chi connectivity index (χ0) is 15.4. The molecule has 4 rings (SSSR count). The molecule has 0 amide bonds. The number of quaternary nitrogens is 1. The molecule has 0 radical (unpaired) electrons. The molecule has 0 N–H and O–H groups in total. The minimum absolute atomic E-state index is 0.0225. The van der Waals surface area contributed by atoms with Crippen LogP contribution in [0.15, 0.2) is 48.5 Å².